The Hall–Kier alpha value is -2.56. The fourth-order valence-electron chi connectivity index (χ4n) is 3.90. The maximum atomic E-state index is 10.7. The second-order valence-electron chi connectivity index (χ2n) is 7.55. The van der Waals surface area contributed by atoms with Gasteiger partial charge in [-0.2, -0.15) is 0 Å². The average molecular weight is 366 g/mol. The van der Waals surface area contributed by atoms with Crippen molar-refractivity contribution in [2.45, 2.75) is 44.4 Å². The normalized spacial score (nSPS) is 20.4. The highest BCUT2D eigenvalue weighted by Crippen LogP contribution is 2.50. The summed E-state index contributed by atoms with van der Waals surface area (Å²) in [5.41, 5.74) is 3.62. The van der Waals surface area contributed by atoms with Crippen LogP contribution < -0.4 is 10.1 Å². The van der Waals surface area contributed by atoms with Crippen molar-refractivity contribution >= 4 is 11.8 Å². The first-order chi connectivity index (χ1) is 13.2. The third-order valence-corrected chi connectivity index (χ3v) is 5.52. The molecule has 2 atom stereocenters. The lowest BCUT2D eigenvalue weighted by atomic mass is 10.1. The molecule has 0 radical (unpaired) electrons. The van der Waals surface area contributed by atoms with Crippen molar-refractivity contribution in [1.29, 1.82) is 0 Å². The number of carbonyl (C=O) groups is 1. The van der Waals surface area contributed by atoms with Gasteiger partial charge in [0.1, 0.15) is 11.6 Å². The monoisotopic (exact) mass is 366 g/mol. The number of nitrogens with one attached hydrogen (secondary N) is 1. The quantitative estimate of drug-likeness (QED) is 0.738. The Balaban J connectivity index is 1.29. The number of carboxylic acids is 1. The molecule has 2 heterocycles. The molecule has 1 fully saturated rings. The summed E-state index contributed by atoms with van der Waals surface area (Å²) in [5.74, 6) is 2.20. The Morgan fingerprint density at radius 3 is 3.11 bits per heavy atom. The van der Waals surface area contributed by atoms with E-state index in [0.717, 1.165) is 49.5 Å². The van der Waals surface area contributed by atoms with Crippen LogP contribution in [0.25, 0.3) is 0 Å². The molecule has 1 aromatic carbocycles. The molecule has 27 heavy (non-hydrogen) atoms. The van der Waals surface area contributed by atoms with Gasteiger partial charge in [-0.15, -0.1) is 0 Å². The molecule has 5 heteroatoms. The van der Waals surface area contributed by atoms with Crippen LogP contribution in [0.15, 0.2) is 36.4 Å². The molecule has 1 saturated carbocycles. The van der Waals surface area contributed by atoms with Crippen molar-refractivity contribution in [3.63, 3.8) is 0 Å². The van der Waals surface area contributed by atoms with Crippen LogP contribution in [0.2, 0.25) is 0 Å². The van der Waals surface area contributed by atoms with Crippen molar-refractivity contribution in [2.24, 2.45) is 5.92 Å². The summed E-state index contributed by atoms with van der Waals surface area (Å²) in [5, 5.41) is 12.2. The van der Waals surface area contributed by atoms with E-state index in [0.29, 0.717) is 18.4 Å². The van der Waals surface area contributed by atoms with Crippen molar-refractivity contribution < 1.29 is 14.6 Å². The van der Waals surface area contributed by atoms with E-state index < -0.39 is 5.97 Å². The third-order valence-electron chi connectivity index (χ3n) is 5.52. The molecule has 142 valence electrons. The van der Waals surface area contributed by atoms with Gasteiger partial charge in [-0.3, -0.25) is 4.79 Å². The van der Waals surface area contributed by atoms with Crippen LogP contribution in [0.4, 0.5) is 5.82 Å². The summed E-state index contributed by atoms with van der Waals surface area (Å²) < 4.78 is 5.95. The summed E-state index contributed by atoms with van der Waals surface area (Å²) in [7, 11) is 0. The highest BCUT2D eigenvalue weighted by atomic mass is 16.5. The van der Waals surface area contributed by atoms with E-state index >= 15 is 0 Å². The molecule has 2 aromatic rings. The van der Waals surface area contributed by atoms with Gasteiger partial charge < -0.3 is 15.2 Å². The standard InChI is InChI=1S/C22H26N2O3/c25-21(26)9-7-17-14-20(17)16-3-1-5-19(13-16)27-12-10-18-8-6-15-4-2-11-23-22(15)24-18/h1,3,5-6,8,13,17,20H,2,4,7,9-12,14H2,(H,23,24)(H,25,26). The fraction of sp³-hybridized carbons (Fsp3) is 0.455. The molecule has 0 spiro atoms. The lowest BCUT2D eigenvalue weighted by molar-refractivity contribution is -0.137. The smallest absolute Gasteiger partial charge is 0.303 e. The number of ether oxygens (including phenoxy) is 1. The summed E-state index contributed by atoms with van der Waals surface area (Å²) in [6.45, 7) is 1.60. The molecule has 5 nitrogen and oxygen atoms in total. The first kappa shape index (κ1) is 17.8. The number of hydrogen-bond donors (Lipinski definition) is 2. The Labute approximate surface area is 159 Å². The van der Waals surface area contributed by atoms with Gasteiger partial charge in [0.05, 0.1) is 6.61 Å². The number of rotatable bonds is 8. The number of hydrogen-bond acceptors (Lipinski definition) is 4. The number of aliphatic carboxylic acids is 1. The van der Waals surface area contributed by atoms with E-state index in [2.05, 4.69) is 29.6 Å². The van der Waals surface area contributed by atoms with Crippen LogP contribution in [-0.4, -0.2) is 29.2 Å². The van der Waals surface area contributed by atoms with Gasteiger partial charge in [0.2, 0.25) is 0 Å². The molecule has 1 aromatic heterocycles. The van der Waals surface area contributed by atoms with Crippen LogP contribution >= 0.6 is 0 Å². The number of benzene rings is 1. The number of carboxylic acid groups (broad SMARTS) is 1. The molecule has 1 aliphatic heterocycles. The van der Waals surface area contributed by atoms with E-state index in [9.17, 15) is 4.79 Å². The zero-order chi connectivity index (χ0) is 18.6. The molecule has 0 bridgehead atoms. The van der Waals surface area contributed by atoms with Crippen LogP contribution in [0.3, 0.4) is 0 Å². The van der Waals surface area contributed by atoms with Gasteiger partial charge in [-0.25, -0.2) is 4.98 Å². The van der Waals surface area contributed by atoms with E-state index in [1.807, 2.05) is 12.1 Å². The van der Waals surface area contributed by atoms with Crippen molar-refractivity contribution in [3.8, 4) is 5.75 Å². The predicted molar refractivity (Wildman–Crippen MR) is 104 cm³/mol. The predicted octanol–water partition coefficient (Wildman–Crippen LogP) is 4.03. The number of aromatic nitrogens is 1. The highest BCUT2D eigenvalue weighted by molar-refractivity contribution is 5.66. The number of aryl methyl sites for hydroxylation is 1. The van der Waals surface area contributed by atoms with Crippen molar-refractivity contribution in [2.75, 3.05) is 18.5 Å². The lowest BCUT2D eigenvalue weighted by Gasteiger charge is -2.17. The summed E-state index contributed by atoms with van der Waals surface area (Å²) >= 11 is 0. The molecule has 2 unspecified atom stereocenters. The van der Waals surface area contributed by atoms with Crippen LogP contribution in [-0.2, 0) is 17.6 Å². The molecule has 2 aliphatic rings. The number of fused-ring (bicyclic) bond motifs is 1. The largest absolute Gasteiger partial charge is 0.493 e. The summed E-state index contributed by atoms with van der Waals surface area (Å²) in [4.78, 5) is 15.4. The van der Waals surface area contributed by atoms with Gasteiger partial charge >= 0.3 is 5.97 Å². The minimum absolute atomic E-state index is 0.264. The Morgan fingerprint density at radius 2 is 2.22 bits per heavy atom. The number of pyridine rings is 1. The topological polar surface area (TPSA) is 71.5 Å². The number of anilines is 1. The van der Waals surface area contributed by atoms with Gasteiger partial charge in [0, 0.05) is 25.1 Å². The fourth-order valence-corrected chi connectivity index (χ4v) is 3.90. The highest BCUT2D eigenvalue weighted by Gasteiger charge is 2.38. The average Bonchev–Trinajstić information content (AvgIpc) is 3.46. The lowest BCUT2D eigenvalue weighted by Crippen LogP contribution is -2.14. The summed E-state index contributed by atoms with van der Waals surface area (Å²) in [6, 6.07) is 12.5. The molecule has 0 amide bonds. The van der Waals surface area contributed by atoms with Gasteiger partial charge in [0.15, 0.2) is 0 Å². The SMILES string of the molecule is O=C(O)CCC1CC1c1cccc(OCCc2ccc3c(n2)NCCC3)c1. The zero-order valence-electron chi connectivity index (χ0n) is 15.5. The van der Waals surface area contributed by atoms with Gasteiger partial charge in [-0.05, 0) is 66.8 Å². The van der Waals surface area contributed by atoms with E-state index in [1.54, 1.807) is 0 Å². The molecular formula is C22H26N2O3. The van der Waals surface area contributed by atoms with Crippen molar-refractivity contribution in [3.05, 3.63) is 53.2 Å². The maximum Gasteiger partial charge on any atom is 0.303 e. The molecule has 0 saturated heterocycles. The molecule has 1 aliphatic carbocycles. The van der Waals surface area contributed by atoms with Gasteiger partial charge in [-0.1, -0.05) is 18.2 Å². The second-order valence-corrected chi connectivity index (χ2v) is 7.55. The second kappa shape index (κ2) is 7.99. The van der Waals surface area contributed by atoms with Crippen LogP contribution in [0.5, 0.6) is 5.75 Å². The minimum atomic E-state index is -0.705. The Kier molecular flexibility index (Phi) is 5.28. The van der Waals surface area contributed by atoms with E-state index in [4.69, 9.17) is 14.8 Å². The van der Waals surface area contributed by atoms with Crippen LogP contribution in [0, 0.1) is 5.92 Å². The molecule has 2 N–H and O–H groups in total. The third kappa shape index (κ3) is 4.59. The first-order valence-corrected chi connectivity index (χ1v) is 9.86. The van der Waals surface area contributed by atoms with Crippen molar-refractivity contribution in [1.82, 2.24) is 4.98 Å². The Bertz CT molecular complexity index is 821. The molecular weight excluding hydrogens is 340 g/mol. The first-order valence-electron chi connectivity index (χ1n) is 9.86. The van der Waals surface area contributed by atoms with Crippen LogP contribution in [0.1, 0.15) is 48.4 Å². The van der Waals surface area contributed by atoms with Gasteiger partial charge in [0.25, 0.3) is 0 Å². The molecule has 4 rings (SSSR count). The number of nitrogens with zero attached hydrogens (tertiary/aromatic N) is 1. The zero-order valence-corrected chi connectivity index (χ0v) is 15.5. The maximum absolute atomic E-state index is 10.7. The minimum Gasteiger partial charge on any atom is -0.493 e. The Morgan fingerprint density at radius 1 is 1.30 bits per heavy atom. The van der Waals surface area contributed by atoms with E-state index in [-0.39, 0.29) is 6.42 Å². The summed E-state index contributed by atoms with van der Waals surface area (Å²) in [6.07, 6.45) is 5.18. The van der Waals surface area contributed by atoms with E-state index in [1.165, 1.54) is 17.5 Å².